The molecule has 0 atom stereocenters. The van der Waals surface area contributed by atoms with Gasteiger partial charge < -0.3 is 24.5 Å². The molecule has 0 aliphatic carbocycles. The van der Waals surface area contributed by atoms with Gasteiger partial charge in [-0.3, -0.25) is 4.79 Å². The predicted molar refractivity (Wildman–Crippen MR) is 67.6 cm³/mol. The molecule has 1 aliphatic rings. The third-order valence-electron chi connectivity index (χ3n) is 2.77. The van der Waals surface area contributed by atoms with Gasteiger partial charge in [0, 0.05) is 12.1 Å². The van der Waals surface area contributed by atoms with Gasteiger partial charge in [0.2, 0.25) is 5.95 Å². The van der Waals surface area contributed by atoms with Crippen molar-refractivity contribution in [1.82, 2.24) is 9.97 Å². The van der Waals surface area contributed by atoms with Gasteiger partial charge >= 0.3 is 5.97 Å². The first-order valence-corrected chi connectivity index (χ1v) is 5.86. The fourth-order valence-corrected chi connectivity index (χ4v) is 1.86. The van der Waals surface area contributed by atoms with Crippen LogP contribution in [0.15, 0.2) is 12.1 Å². The van der Waals surface area contributed by atoms with Gasteiger partial charge in [0.15, 0.2) is 11.5 Å². The van der Waals surface area contributed by atoms with Crippen LogP contribution in [0, 0.1) is 0 Å². The highest BCUT2D eigenvalue weighted by molar-refractivity contribution is 5.82. The number of nitrogens with zero attached hydrogens (tertiary/aromatic N) is 1. The highest BCUT2D eigenvalue weighted by Gasteiger charge is 2.15. The quantitative estimate of drug-likeness (QED) is 0.801. The number of ether oxygens (including phenoxy) is 3. The fourth-order valence-electron chi connectivity index (χ4n) is 1.86. The summed E-state index contributed by atoms with van der Waals surface area (Å²) in [6.45, 7) is 1.14. The van der Waals surface area contributed by atoms with Crippen LogP contribution in [0.2, 0.25) is 0 Å². The van der Waals surface area contributed by atoms with Gasteiger partial charge in [-0.2, -0.15) is 0 Å². The van der Waals surface area contributed by atoms with Gasteiger partial charge in [-0.25, -0.2) is 4.98 Å². The number of carbonyl (C=O) groups is 1. The summed E-state index contributed by atoms with van der Waals surface area (Å²) in [7, 11) is 1.34. The highest BCUT2D eigenvalue weighted by atomic mass is 16.6. The summed E-state index contributed by atoms with van der Waals surface area (Å²) in [6.07, 6.45) is 0. The summed E-state index contributed by atoms with van der Waals surface area (Å²) in [6, 6.07) is 3.64. The Morgan fingerprint density at radius 3 is 2.89 bits per heavy atom. The molecule has 7 nitrogen and oxygen atoms in total. The number of hydrogen-bond donors (Lipinski definition) is 2. The van der Waals surface area contributed by atoms with Crippen LogP contribution in [0.4, 0.5) is 5.95 Å². The second-order valence-corrected chi connectivity index (χ2v) is 4.03. The van der Waals surface area contributed by atoms with Gasteiger partial charge in [-0.05, 0) is 0 Å². The summed E-state index contributed by atoms with van der Waals surface area (Å²) in [5, 5.41) is 2.85. The van der Waals surface area contributed by atoms with Gasteiger partial charge in [0.05, 0.1) is 18.1 Å². The van der Waals surface area contributed by atoms with Crippen LogP contribution in [-0.2, 0) is 9.53 Å². The first-order chi connectivity index (χ1) is 9.26. The van der Waals surface area contributed by atoms with Crippen molar-refractivity contribution in [1.29, 1.82) is 0 Å². The van der Waals surface area contributed by atoms with E-state index in [2.05, 4.69) is 20.0 Å². The van der Waals surface area contributed by atoms with Gasteiger partial charge in [-0.1, -0.05) is 0 Å². The van der Waals surface area contributed by atoms with Crippen LogP contribution >= 0.6 is 0 Å². The minimum atomic E-state index is -0.355. The smallest absolute Gasteiger partial charge is 0.325 e. The number of esters is 1. The maximum absolute atomic E-state index is 11.0. The number of anilines is 1. The Balaban J connectivity index is 1.86. The fraction of sp³-hybridized carbons (Fsp3) is 0.333. The van der Waals surface area contributed by atoms with Crippen LogP contribution in [0.25, 0.3) is 11.0 Å². The topological polar surface area (TPSA) is 85.5 Å². The molecule has 0 radical (unpaired) electrons. The second kappa shape index (κ2) is 4.68. The third-order valence-corrected chi connectivity index (χ3v) is 2.77. The molecule has 7 heteroatoms. The Hall–Kier alpha value is -2.44. The zero-order chi connectivity index (χ0) is 13.2. The van der Waals surface area contributed by atoms with E-state index in [0.29, 0.717) is 30.7 Å². The van der Waals surface area contributed by atoms with Crippen LogP contribution < -0.4 is 14.8 Å². The van der Waals surface area contributed by atoms with E-state index in [9.17, 15) is 4.79 Å². The number of H-pyrrole nitrogens is 1. The first-order valence-electron chi connectivity index (χ1n) is 5.86. The van der Waals surface area contributed by atoms with Crippen molar-refractivity contribution in [3.63, 3.8) is 0 Å². The number of nitrogens with one attached hydrogen (secondary N) is 2. The van der Waals surface area contributed by atoms with E-state index < -0.39 is 0 Å². The molecule has 100 valence electrons. The van der Waals surface area contributed by atoms with Crippen molar-refractivity contribution in [2.45, 2.75) is 0 Å². The lowest BCUT2D eigenvalue weighted by Crippen LogP contribution is -2.15. The average Bonchev–Trinajstić information content (AvgIpc) is 2.83. The largest absolute Gasteiger partial charge is 0.486 e. The molecular weight excluding hydrogens is 250 g/mol. The number of carbonyl (C=O) groups excluding carboxylic acids is 1. The molecule has 0 unspecified atom stereocenters. The summed E-state index contributed by atoms with van der Waals surface area (Å²) >= 11 is 0. The number of fused-ring (bicyclic) bond motifs is 2. The first kappa shape index (κ1) is 11.6. The van der Waals surface area contributed by atoms with E-state index in [1.54, 1.807) is 0 Å². The number of methoxy groups -OCH3 is 1. The number of rotatable bonds is 3. The van der Waals surface area contributed by atoms with Crippen LogP contribution in [0.1, 0.15) is 0 Å². The molecule has 0 saturated heterocycles. The molecule has 1 aliphatic heterocycles. The van der Waals surface area contributed by atoms with Gasteiger partial charge in [0.25, 0.3) is 0 Å². The molecule has 1 aromatic heterocycles. The summed E-state index contributed by atoms with van der Waals surface area (Å²) in [4.78, 5) is 18.4. The van der Waals surface area contributed by atoms with Gasteiger partial charge in [0.1, 0.15) is 19.8 Å². The van der Waals surface area contributed by atoms with E-state index in [0.717, 1.165) is 11.0 Å². The molecule has 2 heterocycles. The Morgan fingerprint density at radius 2 is 2.16 bits per heavy atom. The molecule has 19 heavy (non-hydrogen) atoms. The number of aromatic nitrogens is 2. The molecule has 1 aromatic carbocycles. The van der Waals surface area contributed by atoms with Crippen molar-refractivity contribution in [2.24, 2.45) is 0 Å². The van der Waals surface area contributed by atoms with E-state index >= 15 is 0 Å². The lowest BCUT2D eigenvalue weighted by atomic mass is 10.2. The summed E-state index contributed by atoms with van der Waals surface area (Å²) in [5.41, 5.74) is 1.56. The van der Waals surface area contributed by atoms with Crippen molar-refractivity contribution in [2.75, 3.05) is 32.2 Å². The highest BCUT2D eigenvalue weighted by Crippen LogP contribution is 2.34. The van der Waals surface area contributed by atoms with Gasteiger partial charge in [-0.15, -0.1) is 0 Å². The summed E-state index contributed by atoms with van der Waals surface area (Å²) < 4.78 is 15.5. The van der Waals surface area contributed by atoms with Crippen LogP contribution in [0.5, 0.6) is 11.5 Å². The lowest BCUT2D eigenvalue weighted by molar-refractivity contribution is -0.138. The molecule has 0 saturated carbocycles. The van der Waals surface area contributed by atoms with Crippen LogP contribution in [-0.4, -0.2) is 42.8 Å². The molecule has 0 bridgehead atoms. The van der Waals surface area contributed by atoms with Crippen LogP contribution in [0.3, 0.4) is 0 Å². The van der Waals surface area contributed by atoms with Crippen molar-refractivity contribution in [3.8, 4) is 11.5 Å². The standard InChI is InChI=1S/C12H13N3O4/c1-17-11(16)6-13-12-14-7-4-9-10(5-8(7)15-12)19-3-2-18-9/h4-5H,2-3,6H2,1H3,(H2,13,14,15). The molecule has 0 amide bonds. The molecule has 0 spiro atoms. The van der Waals surface area contributed by atoms with E-state index in [4.69, 9.17) is 9.47 Å². The monoisotopic (exact) mass is 263 g/mol. The Morgan fingerprint density at radius 1 is 1.42 bits per heavy atom. The normalized spacial score (nSPS) is 13.3. The van der Waals surface area contributed by atoms with E-state index in [-0.39, 0.29) is 12.5 Å². The number of hydrogen-bond acceptors (Lipinski definition) is 6. The Labute approximate surface area is 108 Å². The minimum absolute atomic E-state index is 0.0586. The van der Waals surface area contributed by atoms with Crippen molar-refractivity contribution in [3.05, 3.63) is 12.1 Å². The lowest BCUT2D eigenvalue weighted by Gasteiger charge is -2.17. The van der Waals surface area contributed by atoms with Crippen molar-refractivity contribution < 1.29 is 19.0 Å². The molecule has 2 aromatic rings. The van der Waals surface area contributed by atoms with E-state index in [1.165, 1.54) is 7.11 Å². The second-order valence-electron chi connectivity index (χ2n) is 4.03. The maximum atomic E-state index is 11.0. The molecule has 3 rings (SSSR count). The minimum Gasteiger partial charge on any atom is -0.486 e. The maximum Gasteiger partial charge on any atom is 0.325 e. The molecule has 2 N–H and O–H groups in total. The SMILES string of the molecule is COC(=O)CNc1nc2cc3c(cc2[nH]1)OCCO3. The number of aromatic amines is 1. The summed E-state index contributed by atoms with van der Waals surface area (Å²) in [5.74, 6) is 1.53. The van der Waals surface area contributed by atoms with E-state index in [1.807, 2.05) is 12.1 Å². The predicted octanol–water partition coefficient (Wildman–Crippen LogP) is 0.919. The molecule has 0 fully saturated rings. The zero-order valence-corrected chi connectivity index (χ0v) is 10.4. The number of imidazole rings is 1. The third kappa shape index (κ3) is 2.26. The Bertz CT molecular complexity index is 580. The zero-order valence-electron chi connectivity index (χ0n) is 10.4. The number of benzene rings is 1. The van der Waals surface area contributed by atoms with Crippen molar-refractivity contribution >= 4 is 23.0 Å². The average molecular weight is 263 g/mol. The Kier molecular flexibility index (Phi) is 2.86. The molecular formula is C12H13N3O4.